The SMILES string of the molecule is CCOC(=O)C1=C(C)N=c2s/c(=C/c3cc(Br)c(OCc4ccc(C(=O)OCC)cc4)c([N+](=O)[O-])c3)c(=O)n2[C@@H]1c1ccc(OCC(=O)OC)c(OCC)c1. The van der Waals surface area contributed by atoms with Gasteiger partial charge in [-0.3, -0.25) is 19.5 Å². The van der Waals surface area contributed by atoms with Gasteiger partial charge in [-0.05, 0) is 96.7 Å². The summed E-state index contributed by atoms with van der Waals surface area (Å²) in [5.41, 5.74) is 1.39. The number of thiazole rings is 1. The molecule has 0 saturated carbocycles. The predicted molar refractivity (Wildman–Crippen MR) is 203 cm³/mol. The van der Waals surface area contributed by atoms with Crippen molar-refractivity contribution in [3.8, 4) is 17.2 Å². The van der Waals surface area contributed by atoms with Crippen molar-refractivity contribution < 1.29 is 47.7 Å². The van der Waals surface area contributed by atoms with Crippen molar-refractivity contribution in [1.29, 1.82) is 0 Å². The molecule has 288 valence electrons. The van der Waals surface area contributed by atoms with Crippen LogP contribution in [0.25, 0.3) is 6.08 Å². The maximum Gasteiger partial charge on any atom is 0.343 e. The smallest absolute Gasteiger partial charge is 0.343 e. The van der Waals surface area contributed by atoms with Gasteiger partial charge in [0.05, 0.1) is 63.7 Å². The van der Waals surface area contributed by atoms with E-state index in [0.29, 0.717) is 28.0 Å². The number of rotatable bonds is 15. The summed E-state index contributed by atoms with van der Waals surface area (Å²) < 4.78 is 34.2. The van der Waals surface area contributed by atoms with Crippen molar-refractivity contribution >= 4 is 56.9 Å². The Balaban J connectivity index is 1.55. The molecule has 0 N–H and O–H groups in total. The van der Waals surface area contributed by atoms with E-state index in [9.17, 15) is 29.3 Å². The molecule has 1 atom stereocenters. The van der Waals surface area contributed by atoms with Crippen molar-refractivity contribution in [1.82, 2.24) is 4.57 Å². The molecule has 1 aromatic heterocycles. The number of nitrogens with zero attached hydrogens (tertiary/aromatic N) is 3. The molecule has 0 fully saturated rings. The van der Waals surface area contributed by atoms with E-state index in [1.807, 2.05) is 0 Å². The van der Waals surface area contributed by atoms with Crippen LogP contribution in [0.1, 0.15) is 60.8 Å². The molecule has 0 aliphatic carbocycles. The van der Waals surface area contributed by atoms with Gasteiger partial charge in [-0.15, -0.1) is 0 Å². The third kappa shape index (κ3) is 9.12. The number of carbonyl (C=O) groups excluding carboxylic acids is 3. The highest BCUT2D eigenvalue weighted by Crippen LogP contribution is 2.38. The number of halogens is 1. The number of benzene rings is 3. The van der Waals surface area contributed by atoms with Crippen LogP contribution in [0.3, 0.4) is 0 Å². The molecule has 0 saturated heterocycles. The number of hydrogen-bond donors (Lipinski definition) is 0. The predicted octanol–water partition coefficient (Wildman–Crippen LogP) is 5.18. The number of fused-ring (bicyclic) bond motifs is 1. The Bertz CT molecular complexity index is 2350. The molecule has 0 bridgehead atoms. The fraction of sp³-hybridized carbons (Fsp3) is 0.289. The lowest BCUT2D eigenvalue weighted by Gasteiger charge is -2.25. The number of carbonyl (C=O) groups is 3. The van der Waals surface area contributed by atoms with E-state index < -0.39 is 34.4 Å². The maximum absolute atomic E-state index is 14.3. The van der Waals surface area contributed by atoms with E-state index in [1.54, 1.807) is 76.2 Å². The lowest BCUT2D eigenvalue weighted by Crippen LogP contribution is -2.40. The first-order valence-electron chi connectivity index (χ1n) is 16.9. The highest BCUT2D eigenvalue weighted by atomic mass is 79.9. The molecule has 1 aliphatic heterocycles. The Hall–Kier alpha value is -5.81. The maximum atomic E-state index is 14.3. The summed E-state index contributed by atoms with van der Waals surface area (Å²) >= 11 is 4.44. The van der Waals surface area contributed by atoms with Gasteiger partial charge in [0.2, 0.25) is 5.75 Å². The van der Waals surface area contributed by atoms with Gasteiger partial charge in [-0.1, -0.05) is 29.5 Å². The second-order valence-corrected chi connectivity index (χ2v) is 13.5. The molecule has 55 heavy (non-hydrogen) atoms. The topological polar surface area (TPSA) is 184 Å². The zero-order valence-corrected chi connectivity index (χ0v) is 32.8. The van der Waals surface area contributed by atoms with Crippen molar-refractivity contribution in [3.63, 3.8) is 0 Å². The number of ether oxygens (including phenoxy) is 6. The standard InChI is InChI=1S/C38H36BrN3O12S/c1-6-50-29-18-25(13-14-28(29)53-20-31(43)49-5)33-32(37(46)52-8-3)21(4)40-38-41(33)35(44)30(55-38)17-23-15-26(39)34(27(16-23)42(47)48)54-19-22-9-11-24(12-10-22)36(45)51-7-2/h9-18,33H,6-8,19-20H2,1-5H3/b30-17+/t33-/m1/s1. The van der Waals surface area contributed by atoms with E-state index in [0.717, 1.165) is 11.3 Å². The summed E-state index contributed by atoms with van der Waals surface area (Å²) in [6, 6.07) is 13.2. The third-order valence-electron chi connectivity index (χ3n) is 8.06. The lowest BCUT2D eigenvalue weighted by molar-refractivity contribution is -0.386. The van der Waals surface area contributed by atoms with Gasteiger partial charge in [0.1, 0.15) is 6.61 Å². The lowest BCUT2D eigenvalue weighted by atomic mass is 9.95. The molecule has 3 aromatic carbocycles. The van der Waals surface area contributed by atoms with E-state index in [4.69, 9.17) is 23.7 Å². The molecular weight excluding hydrogens is 802 g/mol. The summed E-state index contributed by atoms with van der Waals surface area (Å²) in [7, 11) is 1.24. The van der Waals surface area contributed by atoms with Crippen LogP contribution in [0.15, 0.2) is 80.1 Å². The van der Waals surface area contributed by atoms with Gasteiger partial charge in [-0.25, -0.2) is 19.4 Å². The van der Waals surface area contributed by atoms with E-state index in [-0.39, 0.29) is 75.3 Å². The van der Waals surface area contributed by atoms with Gasteiger partial charge in [0.25, 0.3) is 5.56 Å². The van der Waals surface area contributed by atoms with Gasteiger partial charge in [0.15, 0.2) is 22.9 Å². The molecule has 17 heteroatoms. The molecule has 0 radical (unpaired) electrons. The molecule has 0 unspecified atom stereocenters. The van der Waals surface area contributed by atoms with Crippen molar-refractivity contribution in [3.05, 3.63) is 122 Å². The van der Waals surface area contributed by atoms with E-state index >= 15 is 0 Å². The second kappa shape index (κ2) is 18.0. The van der Waals surface area contributed by atoms with Crippen LogP contribution in [0.5, 0.6) is 17.2 Å². The molecule has 0 spiro atoms. The zero-order chi connectivity index (χ0) is 39.8. The van der Waals surface area contributed by atoms with Gasteiger partial charge < -0.3 is 28.4 Å². The first-order chi connectivity index (χ1) is 26.4. The number of nitro groups is 1. The van der Waals surface area contributed by atoms with E-state index in [2.05, 4.69) is 25.7 Å². The minimum atomic E-state index is -1.01. The highest BCUT2D eigenvalue weighted by molar-refractivity contribution is 9.10. The third-order valence-corrected chi connectivity index (χ3v) is 9.63. The quantitative estimate of drug-likeness (QED) is 0.0663. The molecular formula is C38H36BrN3O12S. The normalized spacial score (nSPS) is 13.7. The van der Waals surface area contributed by atoms with Gasteiger partial charge in [0, 0.05) is 6.07 Å². The average Bonchev–Trinajstić information content (AvgIpc) is 3.46. The van der Waals surface area contributed by atoms with Crippen LogP contribution < -0.4 is 29.1 Å². The summed E-state index contributed by atoms with van der Waals surface area (Å²) in [5.74, 6) is -1.25. The molecule has 1 aliphatic rings. The van der Waals surface area contributed by atoms with Gasteiger partial charge >= 0.3 is 23.6 Å². The second-order valence-electron chi connectivity index (χ2n) is 11.6. The molecule has 0 amide bonds. The first-order valence-corrected chi connectivity index (χ1v) is 18.5. The van der Waals surface area contributed by atoms with Crippen LogP contribution in [0.2, 0.25) is 0 Å². The average molecular weight is 839 g/mol. The largest absolute Gasteiger partial charge is 0.490 e. The number of allylic oxidation sites excluding steroid dienone is 1. The number of nitro benzene ring substituents is 1. The Labute approximate surface area is 326 Å². The molecule has 4 aromatic rings. The van der Waals surface area contributed by atoms with Crippen molar-refractivity contribution in [2.45, 2.75) is 40.3 Å². The number of methoxy groups -OCH3 is 1. The molecule has 5 rings (SSSR count). The van der Waals surface area contributed by atoms with E-state index in [1.165, 1.54) is 23.8 Å². The highest BCUT2D eigenvalue weighted by Gasteiger charge is 2.34. The van der Waals surface area contributed by atoms with Crippen LogP contribution in [0.4, 0.5) is 5.69 Å². The molecule has 2 heterocycles. The van der Waals surface area contributed by atoms with Crippen LogP contribution in [0, 0.1) is 10.1 Å². The van der Waals surface area contributed by atoms with Crippen LogP contribution in [-0.2, 0) is 30.4 Å². The minimum Gasteiger partial charge on any atom is -0.490 e. The minimum absolute atomic E-state index is 0.0307. The Morgan fingerprint density at radius 3 is 2.31 bits per heavy atom. The molecule has 15 nitrogen and oxygen atoms in total. The Morgan fingerprint density at radius 2 is 1.65 bits per heavy atom. The fourth-order valence-corrected chi connectivity index (χ4v) is 7.23. The van der Waals surface area contributed by atoms with Crippen LogP contribution in [-0.4, -0.2) is 60.9 Å². The zero-order valence-electron chi connectivity index (χ0n) is 30.4. The first kappa shape index (κ1) is 40.4. The number of esters is 3. The number of hydrogen-bond acceptors (Lipinski definition) is 14. The monoisotopic (exact) mass is 837 g/mol. The summed E-state index contributed by atoms with van der Waals surface area (Å²) in [6.07, 6.45) is 1.50. The fourth-order valence-electron chi connectivity index (χ4n) is 5.60. The Kier molecular flexibility index (Phi) is 13.2. The summed E-state index contributed by atoms with van der Waals surface area (Å²) in [5, 5.41) is 12.2. The van der Waals surface area contributed by atoms with Crippen molar-refractivity contribution in [2.75, 3.05) is 33.5 Å². The summed E-state index contributed by atoms with van der Waals surface area (Å²) in [4.78, 5) is 67.9. The van der Waals surface area contributed by atoms with Crippen LogP contribution >= 0.6 is 27.3 Å². The Morgan fingerprint density at radius 1 is 0.945 bits per heavy atom. The van der Waals surface area contributed by atoms with Gasteiger partial charge in [-0.2, -0.15) is 0 Å². The summed E-state index contributed by atoms with van der Waals surface area (Å²) in [6.45, 7) is 6.94. The number of aromatic nitrogens is 1. The van der Waals surface area contributed by atoms with Crippen molar-refractivity contribution in [2.24, 2.45) is 4.99 Å².